The van der Waals surface area contributed by atoms with Crippen molar-refractivity contribution in [3.8, 4) is 5.75 Å². The molecule has 5 nitrogen and oxygen atoms in total. The van der Waals surface area contributed by atoms with Crippen molar-refractivity contribution in [1.29, 1.82) is 0 Å². The number of benzene rings is 2. The lowest BCUT2D eigenvalue weighted by atomic mass is 10.1. The summed E-state index contributed by atoms with van der Waals surface area (Å²) in [6.45, 7) is 6.67. The molecule has 0 radical (unpaired) electrons. The molecule has 0 saturated carbocycles. The molecule has 2 aromatic rings. The molecule has 2 aromatic carbocycles. The number of hydrogen-bond donors (Lipinski definition) is 1. The molecular formula is C23H30N2O3. The standard InChI is InChI=1S/C23H30N2O3/c1-4-5-14-24-23(27)19(3)25(16-20-11-7-6-8-12-20)22(26)17-28-21-13-9-10-18(2)15-21/h6-13,15,19H,4-5,14,16-17H2,1-3H3,(H,24,27). The Kier molecular flexibility index (Phi) is 8.53. The van der Waals surface area contributed by atoms with Gasteiger partial charge in [-0.1, -0.05) is 55.8 Å². The van der Waals surface area contributed by atoms with Gasteiger partial charge >= 0.3 is 0 Å². The number of nitrogens with zero attached hydrogens (tertiary/aromatic N) is 1. The lowest BCUT2D eigenvalue weighted by Crippen LogP contribution is -2.49. The predicted molar refractivity (Wildman–Crippen MR) is 111 cm³/mol. The van der Waals surface area contributed by atoms with E-state index < -0.39 is 6.04 Å². The van der Waals surface area contributed by atoms with Crippen LogP contribution in [0.2, 0.25) is 0 Å². The Morgan fingerprint density at radius 3 is 2.54 bits per heavy atom. The van der Waals surface area contributed by atoms with Gasteiger partial charge in [0.25, 0.3) is 5.91 Å². The van der Waals surface area contributed by atoms with E-state index in [-0.39, 0.29) is 18.4 Å². The number of rotatable bonds is 10. The van der Waals surface area contributed by atoms with E-state index in [0.29, 0.717) is 18.8 Å². The number of carbonyl (C=O) groups excluding carboxylic acids is 2. The predicted octanol–water partition coefficient (Wildman–Crippen LogP) is 3.71. The number of amides is 2. The second kappa shape index (κ2) is 11.1. The van der Waals surface area contributed by atoms with Crippen LogP contribution in [0.15, 0.2) is 54.6 Å². The first-order valence-electron chi connectivity index (χ1n) is 9.81. The third-order valence-corrected chi connectivity index (χ3v) is 4.54. The summed E-state index contributed by atoms with van der Waals surface area (Å²) < 4.78 is 5.67. The monoisotopic (exact) mass is 382 g/mol. The molecule has 0 aliphatic carbocycles. The van der Waals surface area contributed by atoms with E-state index in [4.69, 9.17) is 4.74 Å². The number of nitrogens with one attached hydrogen (secondary N) is 1. The number of carbonyl (C=O) groups is 2. The summed E-state index contributed by atoms with van der Waals surface area (Å²) in [5.74, 6) is 0.282. The summed E-state index contributed by atoms with van der Waals surface area (Å²) in [6, 6.07) is 16.7. The van der Waals surface area contributed by atoms with E-state index in [1.165, 1.54) is 0 Å². The Hall–Kier alpha value is -2.82. The Bertz CT molecular complexity index is 761. The summed E-state index contributed by atoms with van der Waals surface area (Å²) in [4.78, 5) is 27.0. The second-order valence-electron chi connectivity index (χ2n) is 6.93. The lowest BCUT2D eigenvalue weighted by Gasteiger charge is -2.28. The van der Waals surface area contributed by atoms with Crippen LogP contribution in [0.25, 0.3) is 0 Å². The van der Waals surface area contributed by atoms with E-state index in [1.54, 1.807) is 11.8 Å². The molecule has 0 bridgehead atoms. The second-order valence-corrected chi connectivity index (χ2v) is 6.93. The zero-order valence-electron chi connectivity index (χ0n) is 17.0. The average molecular weight is 383 g/mol. The van der Waals surface area contributed by atoms with Crippen LogP contribution >= 0.6 is 0 Å². The summed E-state index contributed by atoms with van der Waals surface area (Å²) >= 11 is 0. The molecule has 0 saturated heterocycles. The SMILES string of the molecule is CCCCNC(=O)C(C)N(Cc1ccccc1)C(=O)COc1cccc(C)c1. The molecule has 0 aliphatic heterocycles. The molecule has 0 aliphatic rings. The van der Waals surface area contributed by atoms with Crippen LogP contribution in [0, 0.1) is 6.92 Å². The molecule has 28 heavy (non-hydrogen) atoms. The van der Waals surface area contributed by atoms with Gasteiger partial charge in [0.2, 0.25) is 5.91 Å². The molecule has 150 valence electrons. The van der Waals surface area contributed by atoms with Gasteiger partial charge in [0.05, 0.1) is 0 Å². The minimum atomic E-state index is -0.578. The van der Waals surface area contributed by atoms with E-state index in [9.17, 15) is 9.59 Å². The van der Waals surface area contributed by atoms with Gasteiger partial charge in [0.15, 0.2) is 6.61 Å². The van der Waals surface area contributed by atoms with Crippen molar-refractivity contribution >= 4 is 11.8 Å². The van der Waals surface area contributed by atoms with Gasteiger partial charge in [-0.25, -0.2) is 0 Å². The van der Waals surface area contributed by atoms with Crippen LogP contribution in [0.1, 0.15) is 37.8 Å². The summed E-state index contributed by atoms with van der Waals surface area (Å²) in [5, 5.41) is 2.91. The molecule has 0 fully saturated rings. The first kappa shape index (κ1) is 21.5. The first-order valence-corrected chi connectivity index (χ1v) is 9.81. The van der Waals surface area contributed by atoms with Crippen LogP contribution < -0.4 is 10.1 Å². The van der Waals surface area contributed by atoms with Crippen molar-refractivity contribution in [2.45, 2.75) is 46.2 Å². The Labute approximate surface area is 167 Å². The van der Waals surface area contributed by atoms with Gasteiger partial charge in [0, 0.05) is 13.1 Å². The minimum absolute atomic E-state index is 0.108. The molecule has 2 amide bonds. The van der Waals surface area contributed by atoms with Gasteiger partial charge in [-0.2, -0.15) is 0 Å². The van der Waals surface area contributed by atoms with Gasteiger partial charge in [-0.3, -0.25) is 9.59 Å². The quantitative estimate of drug-likeness (QED) is 0.637. The number of hydrogen-bond acceptors (Lipinski definition) is 3. The Balaban J connectivity index is 2.07. The normalized spacial score (nSPS) is 11.5. The van der Waals surface area contributed by atoms with Crippen molar-refractivity contribution in [2.75, 3.05) is 13.2 Å². The van der Waals surface area contributed by atoms with Crippen LogP contribution in [0.3, 0.4) is 0 Å². The Morgan fingerprint density at radius 1 is 1.11 bits per heavy atom. The highest BCUT2D eigenvalue weighted by Gasteiger charge is 2.26. The molecule has 1 atom stereocenters. The smallest absolute Gasteiger partial charge is 0.261 e. The van der Waals surface area contributed by atoms with E-state index in [2.05, 4.69) is 12.2 Å². The summed E-state index contributed by atoms with van der Waals surface area (Å²) in [5.41, 5.74) is 2.04. The number of unbranched alkanes of at least 4 members (excludes halogenated alkanes) is 1. The molecule has 1 N–H and O–H groups in total. The van der Waals surface area contributed by atoms with E-state index in [0.717, 1.165) is 24.0 Å². The third-order valence-electron chi connectivity index (χ3n) is 4.54. The van der Waals surface area contributed by atoms with E-state index in [1.807, 2.05) is 61.5 Å². The largest absolute Gasteiger partial charge is 0.484 e. The molecule has 2 rings (SSSR count). The summed E-state index contributed by atoms with van der Waals surface area (Å²) in [6.07, 6.45) is 1.92. The van der Waals surface area contributed by atoms with Crippen LogP contribution in [0.4, 0.5) is 0 Å². The van der Waals surface area contributed by atoms with Crippen molar-refractivity contribution in [1.82, 2.24) is 10.2 Å². The van der Waals surface area contributed by atoms with Gasteiger partial charge in [0.1, 0.15) is 11.8 Å². The third kappa shape index (κ3) is 6.72. The fourth-order valence-electron chi connectivity index (χ4n) is 2.83. The molecule has 0 spiro atoms. The average Bonchev–Trinajstić information content (AvgIpc) is 2.70. The lowest BCUT2D eigenvalue weighted by molar-refractivity contribution is -0.142. The Morgan fingerprint density at radius 2 is 1.86 bits per heavy atom. The highest BCUT2D eigenvalue weighted by atomic mass is 16.5. The zero-order chi connectivity index (χ0) is 20.4. The first-order chi connectivity index (χ1) is 13.5. The topological polar surface area (TPSA) is 58.6 Å². The zero-order valence-corrected chi connectivity index (χ0v) is 17.0. The fourth-order valence-corrected chi connectivity index (χ4v) is 2.83. The van der Waals surface area contributed by atoms with Crippen molar-refractivity contribution in [3.05, 3.63) is 65.7 Å². The van der Waals surface area contributed by atoms with Gasteiger partial charge in [-0.05, 0) is 43.5 Å². The number of aryl methyl sites for hydroxylation is 1. The van der Waals surface area contributed by atoms with Crippen molar-refractivity contribution < 1.29 is 14.3 Å². The molecule has 0 heterocycles. The fraction of sp³-hybridized carbons (Fsp3) is 0.391. The van der Waals surface area contributed by atoms with Gasteiger partial charge < -0.3 is 15.0 Å². The van der Waals surface area contributed by atoms with Crippen LogP contribution in [-0.2, 0) is 16.1 Å². The van der Waals surface area contributed by atoms with Gasteiger partial charge in [-0.15, -0.1) is 0 Å². The maximum Gasteiger partial charge on any atom is 0.261 e. The summed E-state index contributed by atoms with van der Waals surface area (Å²) in [7, 11) is 0. The highest BCUT2D eigenvalue weighted by molar-refractivity contribution is 5.87. The molecule has 1 unspecified atom stereocenters. The molecule has 0 aromatic heterocycles. The van der Waals surface area contributed by atoms with Crippen LogP contribution in [-0.4, -0.2) is 35.9 Å². The maximum absolute atomic E-state index is 12.9. The minimum Gasteiger partial charge on any atom is -0.484 e. The van der Waals surface area contributed by atoms with Crippen LogP contribution in [0.5, 0.6) is 5.75 Å². The number of ether oxygens (including phenoxy) is 1. The molecule has 5 heteroatoms. The van der Waals surface area contributed by atoms with Crippen molar-refractivity contribution in [2.24, 2.45) is 0 Å². The molecular weight excluding hydrogens is 352 g/mol. The maximum atomic E-state index is 12.9. The van der Waals surface area contributed by atoms with Crippen molar-refractivity contribution in [3.63, 3.8) is 0 Å². The van der Waals surface area contributed by atoms with E-state index >= 15 is 0 Å². The highest BCUT2D eigenvalue weighted by Crippen LogP contribution is 2.14.